The lowest BCUT2D eigenvalue weighted by Gasteiger charge is -2.33. The first-order valence-corrected chi connectivity index (χ1v) is 7.10. The maximum absolute atomic E-state index is 12.7. The summed E-state index contributed by atoms with van der Waals surface area (Å²) < 4.78 is 5.31. The normalized spacial score (nSPS) is 37.6. The number of ether oxygens (including phenoxy) is 1. The van der Waals surface area contributed by atoms with Crippen LogP contribution in [0.5, 0.6) is 0 Å². The van der Waals surface area contributed by atoms with E-state index >= 15 is 0 Å². The fourth-order valence-corrected chi connectivity index (χ4v) is 3.17. The van der Waals surface area contributed by atoms with Crippen LogP contribution in [0.1, 0.15) is 27.2 Å². The van der Waals surface area contributed by atoms with Gasteiger partial charge in [-0.15, -0.1) is 0 Å². The second-order valence-electron chi connectivity index (χ2n) is 6.63. The summed E-state index contributed by atoms with van der Waals surface area (Å²) in [5.74, 6) is -0.912. The highest BCUT2D eigenvalue weighted by molar-refractivity contribution is 5.85. The summed E-state index contributed by atoms with van der Waals surface area (Å²) in [4.78, 5) is 26.0. The maximum atomic E-state index is 12.7. The molecule has 3 N–H and O–H groups in total. The molecule has 20 heavy (non-hydrogen) atoms. The minimum atomic E-state index is -0.838. The third kappa shape index (κ3) is 2.11. The molecule has 0 radical (unpaired) electrons. The first-order chi connectivity index (χ1) is 9.24. The number of hydrogen-bond donors (Lipinski definition) is 2. The number of nitrogens with zero attached hydrogens (tertiary/aromatic N) is 1. The molecule has 0 aromatic carbocycles. The Balaban J connectivity index is 2.17. The van der Waals surface area contributed by atoms with Crippen molar-refractivity contribution in [1.29, 1.82) is 0 Å². The third-order valence-corrected chi connectivity index (χ3v) is 5.13. The maximum Gasteiger partial charge on any atom is 0.311 e. The smallest absolute Gasteiger partial charge is 0.311 e. The molecule has 3 unspecified atom stereocenters. The number of carbonyl (C=O) groups is 2. The Bertz CT molecular complexity index is 425. The molecule has 6 heteroatoms. The van der Waals surface area contributed by atoms with Gasteiger partial charge >= 0.3 is 5.97 Å². The van der Waals surface area contributed by atoms with E-state index < -0.39 is 16.8 Å². The van der Waals surface area contributed by atoms with Gasteiger partial charge in [-0.05, 0) is 19.3 Å². The molecular formula is C14H24N2O4. The molecule has 2 aliphatic heterocycles. The molecule has 2 saturated heterocycles. The van der Waals surface area contributed by atoms with Crippen LogP contribution >= 0.6 is 0 Å². The Kier molecular flexibility index (Phi) is 3.81. The molecule has 1 amide bonds. The Hall–Kier alpha value is -1.14. The number of carboxylic acid groups (broad SMARTS) is 1. The van der Waals surface area contributed by atoms with E-state index in [2.05, 4.69) is 0 Å². The lowest BCUT2D eigenvalue weighted by Crippen LogP contribution is -2.52. The van der Waals surface area contributed by atoms with E-state index in [4.69, 9.17) is 10.5 Å². The highest BCUT2D eigenvalue weighted by atomic mass is 16.5. The van der Waals surface area contributed by atoms with Crippen LogP contribution in [-0.4, -0.2) is 54.2 Å². The topological polar surface area (TPSA) is 92.9 Å². The Morgan fingerprint density at radius 2 is 2.10 bits per heavy atom. The van der Waals surface area contributed by atoms with E-state index in [0.29, 0.717) is 26.2 Å². The molecule has 2 fully saturated rings. The second-order valence-corrected chi connectivity index (χ2v) is 6.63. The zero-order chi connectivity index (χ0) is 15.1. The van der Waals surface area contributed by atoms with Crippen molar-refractivity contribution in [2.24, 2.45) is 22.5 Å². The van der Waals surface area contributed by atoms with Crippen molar-refractivity contribution in [1.82, 2.24) is 4.90 Å². The van der Waals surface area contributed by atoms with Crippen LogP contribution in [0.2, 0.25) is 0 Å². The summed E-state index contributed by atoms with van der Waals surface area (Å²) in [6.45, 7) is 7.04. The van der Waals surface area contributed by atoms with Crippen LogP contribution < -0.4 is 5.73 Å². The van der Waals surface area contributed by atoms with Gasteiger partial charge < -0.3 is 20.5 Å². The van der Waals surface area contributed by atoms with Gasteiger partial charge in [-0.25, -0.2) is 0 Å². The quantitative estimate of drug-likeness (QED) is 0.778. The van der Waals surface area contributed by atoms with Crippen LogP contribution in [0.25, 0.3) is 0 Å². The van der Waals surface area contributed by atoms with Gasteiger partial charge in [-0.1, -0.05) is 13.8 Å². The predicted octanol–water partition coefficient (Wildman–Crippen LogP) is 0.310. The molecule has 0 aromatic heterocycles. The molecule has 0 aromatic rings. The first kappa shape index (κ1) is 15.3. The Labute approximate surface area is 119 Å². The van der Waals surface area contributed by atoms with E-state index in [-0.39, 0.29) is 24.4 Å². The Morgan fingerprint density at radius 3 is 2.50 bits per heavy atom. The van der Waals surface area contributed by atoms with Gasteiger partial charge in [0.2, 0.25) is 5.91 Å². The number of likely N-dealkylation sites (tertiary alicyclic amines) is 1. The number of carbonyl (C=O) groups excluding carboxylic acids is 1. The van der Waals surface area contributed by atoms with E-state index in [1.807, 2.05) is 20.8 Å². The number of nitrogens with two attached hydrogens (primary N) is 1. The van der Waals surface area contributed by atoms with E-state index in [1.165, 1.54) is 0 Å². The molecule has 0 spiro atoms. The average molecular weight is 284 g/mol. The van der Waals surface area contributed by atoms with Gasteiger partial charge in [0.25, 0.3) is 0 Å². The number of aliphatic carboxylic acids is 1. The van der Waals surface area contributed by atoms with E-state index in [0.717, 1.165) is 0 Å². The summed E-state index contributed by atoms with van der Waals surface area (Å²) in [6.07, 6.45) is 0.498. The largest absolute Gasteiger partial charge is 0.481 e. The van der Waals surface area contributed by atoms with Crippen molar-refractivity contribution in [2.75, 3.05) is 26.3 Å². The summed E-state index contributed by atoms with van der Waals surface area (Å²) in [7, 11) is 0. The minimum absolute atomic E-state index is 0.0147. The predicted molar refractivity (Wildman–Crippen MR) is 73.0 cm³/mol. The lowest BCUT2D eigenvalue weighted by molar-refractivity contribution is -0.152. The van der Waals surface area contributed by atoms with Gasteiger partial charge in [0.1, 0.15) is 0 Å². The van der Waals surface area contributed by atoms with Gasteiger partial charge in [-0.2, -0.15) is 0 Å². The monoisotopic (exact) mass is 284 g/mol. The summed E-state index contributed by atoms with van der Waals surface area (Å²) in [6, 6.07) is -0.325. The fraction of sp³-hybridized carbons (Fsp3) is 0.857. The van der Waals surface area contributed by atoms with Crippen molar-refractivity contribution in [3.63, 3.8) is 0 Å². The van der Waals surface area contributed by atoms with Gasteiger partial charge in [0.15, 0.2) is 0 Å². The molecule has 114 valence electrons. The standard InChI is InChI=1S/C14H24N2O4/c1-9(2)14(12(18)19)4-5-16(7-14)11(17)13(3)8-20-6-10(13)15/h9-10H,4-8,15H2,1-3H3,(H,18,19). The second kappa shape index (κ2) is 5.00. The van der Waals surface area contributed by atoms with Crippen molar-refractivity contribution in [3.05, 3.63) is 0 Å². The van der Waals surface area contributed by atoms with Crippen molar-refractivity contribution >= 4 is 11.9 Å². The van der Waals surface area contributed by atoms with Gasteiger partial charge in [0, 0.05) is 19.1 Å². The van der Waals surface area contributed by atoms with Gasteiger partial charge in [0.05, 0.1) is 24.0 Å². The Morgan fingerprint density at radius 1 is 1.45 bits per heavy atom. The van der Waals surface area contributed by atoms with Gasteiger partial charge in [-0.3, -0.25) is 9.59 Å². The highest BCUT2D eigenvalue weighted by Gasteiger charge is 2.53. The minimum Gasteiger partial charge on any atom is -0.481 e. The lowest BCUT2D eigenvalue weighted by atomic mass is 9.76. The van der Waals surface area contributed by atoms with Crippen LogP contribution in [0, 0.1) is 16.7 Å². The van der Waals surface area contributed by atoms with Crippen molar-refractivity contribution < 1.29 is 19.4 Å². The molecular weight excluding hydrogens is 260 g/mol. The van der Waals surface area contributed by atoms with Crippen molar-refractivity contribution in [2.45, 2.75) is 33.2 Å². The van der Waals surface area contributed by atoms with Crippen molar-refractivity contribution in [3.8, 4) is 0 Å². The zero-order valence-electron chi connectivity index (χ0n) is 12.4. The molecule has 3 atom stereocenters. The highest BCUT2D eigenvalue weighted by Crippen LogP contribution is 2.40. The van der Waals surface area contributed by atoms with Crippen LogP contribution in [0.4, 0.5) is 0 Å². The van der Waals surface area contributed by atoms with E-state index in [1.54, 1.807) is 4.90 Å². The summed E-state index contributed by atoms with van der Waals surface area (Å²) >= 11 is 0. The molecule has 0 saturated carbocycles. The van der Waals surface area contributed by atoms with Crippen LogP contribution in [-0.2, 0) is 14.3 Å². The molecule has 0 bridgehead atoms. The summed E-state index contributed by atoms with van der Waals surface area (Å²) in [5.41, 5.74) is 4.41. The third-order valence-electron chi connectivity index (χ3n) is 5.13. The van der Waals surface area contributed by atoms with Crippen LogP contribution in [0.3, 0.4) is 0 Å². The molecule has 2 aliphatic rings. The first-order valence-electron chi connectivity index (χ1n) is 7.10. The number of carboxylic acids is 1. The molecule has 0 aliphatic carbocycles. The number of hydrogen-bond acceptors (Lipinski definition) is 4. The summed E-state index contributed by atoms with van der Waals surface area (Å²) in [5, 5.41) is 9.53. The number of rotatable bonds is 3. The zero-order valence-corrected chi connectivity index (χ0v) is 12.4. The van der Waals surface area contributed by atoms with Crippen LogP contribution in [0.15, 0.2) is 0 Å². The average Bonchev–Trinajstić information content (AvgIpc) is 2.95. The molecule has 6 nitrogen and oxygen atoms in total. The number of amides is 1. The molecule has 2 rings (SSSR count). The fourth-order valence-electron chi connectivity index (χ4n) is 3.17. The van der Waals surface area contributed by atoms with E-state index in [9.17, 15) is 14.7 Å². The SMILES string of the molecule is CC(C)C1(C(=O)O)CCN(C(=O)C2(C)COCC2N)C1. The molecule has 2 heterocycles.